The molecule has 2 heterocycles. The molecule has 0 N–H and O–H groups in total. The van der Waals surface area contributed by atoms with E-state index in [0.29, 0.717) is 18.0 Å². The summed E-state index contributed by atoms with van der Waals surface area (Å²) in [7, 11) is 0. The van der Waals surface area contributed by atoms with Crippen LogP contribution >= 0.6 is 11.3 Å². The Kier molecular flexibility index (Phi) is 11.9. The molecule has 0 aliphatic carbocycles. The van der Waals surface area contributed by atoms with Crippen molar-refractivity contribution < 1.29 is 38.8 Å². The average Bonchev–Trinajstić information content (AvgIpc) is 3.29. The van der Waals surface area contributed by atoms with Crippen molar-refractivity contribution in [2.75, 3.05) is 0 Å². The van der Waals surface area contributed by atoms with Crippen molar-refractivity contribution in [3.05, 3.63) is 85.8 Å². The molecule has 1 aromatic carbocycles. The summed E-state index contributed by atoms with van der Waals surface area (Å²) in [6.07, 6.45) is 8.30. The summed E-state index contributed by atoms with van der Waals surface area (Å²) in [6, 6.07) is 16.9. The Labute approximate surface area is 234 Å². The molecule has 3 rings (SSSR count). The van der Waals surface area contributed by atoms with Crippen LogP contribution in [0.3, 0.4) is 0 Å². The number of hydrogen-bond acceptors (Lipinski definition) is 5. The summed E-state index contributed by atoms with van der Waals surface area (Å²) in [5, 5.41) is 28.2. The minimum Gasteiger partial charge on any atom is -0.479 e. The second kappa shape index (κ2) is 13.8. The van der Waals surface area contributed by atoms with E-state index < -0.39 is 5.60 Å². The molecule has 0 saturated carbocycles. The molecular formula is C28H28N3OSY-. The van der Waals surface area contributed by atoms with E-state index in [9.17, 15) is 15.8 Å². The third kappa shape index (κ3) is 6.65. The van der Waals surface area contributed by atoms with Crippen LogP contribution in [0.5, 0.6) is 0 Å². The van der Waals surface area contributed by atoms with Gasteiger partial charge in [-0.15, -0.1) is 17.7 Å². The van der Waals surface area contributed by atoms with Gasteiger partial charge in [0.2, 0.25) is 0 Å². The Hall–Kier alpha value is -2.75. The molecular weight excluding hydrogens is 515 g/mol. The predicted octanol–water partition coefficient (Wildman–Crippen LogP) is 7.63. The first-order valence-electron chi connectivity index (χ1n) is 10.2. The van der Waals surface area contributed by atoms with Gasteiger partial charge >= 0.3 is 0 Å². The van der Waals surface area contributed by atoms with Crippen molar-refractivity contribution in [2.24, 2.45) is 0 Å². The van der Waals surface area contributed by atoms with Gasteiger partial charge in [-0.25, -0.2) is 11.3 Å². The normalized spacial score (nSPS) is 16.9. The first-order valence-corrected chi connectivity index (χ1v) is 10.5. The van der Waals surface area contributed by atoms with Crippen molar-refractivity contribution >= 4 is 29.6 Å². The number of rotatable bonds is 5. The van der Waals surface area contributed by atoms with E-state index in [4.69, 9.17) is 6.11 Å². The minimum absolute atomic E-state index is 0. The van der Waals surface area contributed by atoms with Gasteiger partial charge in [0.25, 0.3) is 0 Å². The smallest absolute Gasteiger partial charge is 0.172 e. The SMILES string of the molecule is C.C.[2H]c1ccc(/C=C/c2sc(/C=C/C3=C(C#N)C(=C(C#N)C#N)OC3(C)CC)[c-]c2C)cc1.[Y]. The Morgan fingerprint density at radius 1 is 1.15 bits per heavy atom. The van der Waals surface area contributed by atoms with Gasteiger partial charge in [0.1, 0.15) is 29.4 Å². The molecule has 6 heteroatoms. The first kappa shape index (κ1) is 29.3. The van der Waals surface area contributed by atoms with Gasteiger partial charge in [0.05, 0.1) is 1.37 Å². The van der Waals surface area contributed by atoms with Crippen molar-refractivity contribution in [3.8, 4) is 18.2 Å². The molecule has 0 spiro atoms. The molecule has 1 radical (unpaired) electrons. The van der Waals surface area contributed by atoms with E-state index in [1.54, 1.807) is 23.5 Å². The number of nitriles is 3. The summed E-state index contributed by atoms with van der Waals surface area (Å²) in [5.41, 5.74) is 1.89. The van der Waals surface area contributed by atoms with Crippen molar-refractivity contribution in [1.82, 2.24) is 0 Å². The maximum atomic E-state index is 9.71. The molecule has 0 bridgehead atoms. The number of thiophene rings is 1. The van der Waals surface area contributed by atoms with Crippen LogP contribution in [-0.2, 0) is 37.4 Å². The molecule has 1 aliphatic heterocycles. The molecule has 1 aliphatic rings. The maximum Gasteiger partial charge on any atom is 0.172 e. The van der Waals surface area contributed by atoms with Gasteiger partial charge in [-0.1, -0.05) is 80.9 Å². The Morgan fingerprint density at radius 3 is 2.35 bits per heavy atom. The van der Waals surface area contributed by atoms with Gasteiger partial charge in [-0.2, -0.15) is 21.9 Å². The molecule has 1 unspecified atom stereocenters. The van der Waals surface area contributed by atoms with Crippen molar-refractivity contribution in [3.63, 3.8) is 0 Å². The van der Waals surface area contributed by atoms with E-state index >= 15 is 0 Å². The van der Waals surface area contributed by atoms with E-state index in [0.717, 1.165) is 20.9 Å². The summed E-state index contributed by atoms with van der Waals surface area (Å²) in [4.78, 5) is 1.96. The zero-order valence-corrected chi connectivity index (χ0v) is 21.7. The maximum absolute atomic E-state index is 9.71. The largest absolute Gasteiger partial charge is 0.479 e. The van der Waals surface area contributed by atoms with Crippen LogP contribution in [0.25, 0.3) is 18.2 Å². The predicted molar refractivity (Wildman–Crippen MR) is 136 cm³/mol. The van der Waals surface area contributed by atoms with Crippen molar-refractivity contribution in [1.29, 1.82) is 15.8 Å². The number of aryl methyl sites for hydroxylation is 1. The Balaban J connectivity index is 0.00000385. The van der Waals surface area contributed by atoms with Gasteiger partial charge in [0.15, 0.2) is 11.3 Å². The molecule has 171 valence electrons. The van der Waals surface area contributed by atoms with Crippen LogP contribution < -0.4 is 0 Å². The molecule has 1 aromatic heterocycles. The average molecular weight is 545 g/mol. The fourth-order valence-electron chi connectivity index (χ4n) is 3.20. The van der Waals surface area contributed by atoms with Crippen LogP contribution in [0.4, 0.5) is 0 Å². The van der Waals surface area contributed by atoms with Crippen LogP contribution in [0, 0.1) is 47.0 Å². The van der Waals surface area contributed by atoms with Crippen LogP contribution in [0.2, 0.25) is 0 Å². The van der Waals surface area contributed by atoms with Crippen LogP contribution in [0.1, 0.15) is 57.4 Å². The number of allylic oxidation sites excluding steroid dienone is 2. The molecule has 34 heavy (non-hydrogen) atoms. The van der Waals surface area contributed by atoms with Gasteiger partial charge in [-0.3, -0.25) is 0 Å². The molecule has 0 amide bonds. The van der Waals surface area contributed by atoms with Crippen molar-refractivity contribution in [2.45, 2.75) is 47.6 Å². The van der Waals surface area contributed by atoms with E-state index in [1.807, 2.05) is 69.3 Å². The fraction of sp³-hybridized carbons (Fsp3) is 0.250. The quantitative estimate of drug-likeness (QED) is 0.286. The molecule has 0 saturated heterocycles. The third-order valence-electron chi connectivity index (χ3n) is 5.10. The van der Waals surface area contributed by atoms with E-state index in [-0.39, 0.29) is 64.5 Å². The Morgan fingerprint density at radius 2 is 1.79 bits per heavy atom. The van der Waals surface area contributed by atoms with Gasteiger partial charge < -0.3 is 4.74 Å². The number of ether oxygens (including phenoxy) is 1. The molecule has 2 aromatic rings. The van der Waals surface area contributed by atoms with Gasteiger partial charge in [0, 0.05) is 38.3 Å². The topological polar surface area (TPSA) is 80.6 Å². The first-order chi connectivity index (χ1) is 15.3. The van der Waals surface area contributed by atoms with E-state index in [2.05, 4.69) is 12.1 Å². The van der Waals surface area contributed by atoms with Crippen LogP contribution in [0.15, 0.2) is 58.9 Å². The summed E-state index contributed by atoms with van der Waals surface area (Å²) >= 11 is 1.57. The molecule has 1 atom stereocenters. The number of benzene rings is 1. The summed E-state index contributed by atoms with van der Waals surface area (Å²) < 4.78 is 13.5. The second-order valence-corrected chi connectivity index (χ2v) is 8.18. The van der Waals surface area contributed by atoms with Gasteiger partial charge in [-0.05, 0) is 18.9 Å². The number of nitrogens with zero attached hydrogens (tertiary/aromatic N) is 3. The summed E-state index contributed by atoms with van der Waals surface area (Å²) in [6.45, 7) is 5.77. The van der Waals surface area contributed by atoms with E-state index in [1.165, 1.54) is 0 Å². The minimum atomic E-state index is -0.797. The zero-order chi connectivity index (χ0) is 23.3. The molecule has 0 fully saturated rings. The molecule has 4 nitrogen and oxygen atoms in total. The fourth-order valence-corrected chi connectivity index (χ4v) is 4.11. The standard InChI is InChI=1S/C26H20N3OS.2CH4.Y/c1-4-26(3)23(22(17-29)25(30-26)20(15-27)16-28)12-11-21-14-18(2)24(31-21)13-10-19-8-6-5-7-9-19;;;/h5-13H,4H2,1-3H3;2*1H4;/q-1;;;/b12-11+,13-10+;;;/i5D;;;. The van der Waals surface area contributed by atoms with Crippen LogP contribution in [-0.4, -0.2) is 5.60 Å². The third-order valence-corrected chi connectivity index (χ3v) is 6.22. The number of hydrogen-bond donors (Lipinski definition) is 0. The monoisotopic (exact) mass is 544 g/mol. The Bertz CT molecular complexity index is 1280. The summed E-state index contributed by atoms with van der Waals surface area (Å²) in [5.74, 6) is 0.0511. The second-order valence-electron chi connectivity index (χ2n) is 7.10. The zero-order valence-electron chi connectivity index (χ0n) is 19.1.